The summed E-state index contributed by atoms with van der Waals surface area (Å²) in [6, 6.07) is 10.00. The van der Waals surface area contributed by atoms with Crippen molar-refractivity contribution in [1.82, 2.24) is 15.3 Å². The second-order valence-electron chi connectivity index (χ2n) is 6.47. The molecule has 0 unspecified atom stereocenters. The average Bonchev–Trinajstić information content (AvgIpc) is 3.46. The molecule has 0 saturated heterocycles. The summed E-state index contributed by atoms with van der Waals surface area (Å²) in [6.45, 7) is 0.392. The van der Waals surface area contributed by atoms with Crippen LogP contribution >= 0.6 is 0 Å². The molecule has 1 aliphatic carbocycles. The number of nitrogens with zero attached hydrogens (tertiary/aromatic N) is 2. The zero-order chi connectivity index (χ0) is 18.1. The average molecular weight is 350 g/mol. The summed E-state index contributed by atoms with van der Waals surface area (Å²) in [5.74, 6) is -0.622. The Bertz CT molecular complexity index is 970. The highest BCUT2D eigenvalue weighted by Crippen LogP contribution is 2.32. The zero-order valence-corrected chi connectivity index (χ0v) is 14.2. The summed E-state index contributed by atoms with van der Waals surface area (Å²) in [7, 11) is 0. The first-order valence-corrected chi connectivity index (χ1v) is 8.72. The molecule has 0 spiro atoms. The summed E-state index contributed by atoms with van der Waals surface area (Å²) in [5.41, 5.74) is 8.74. The lowest BCUT2D eigenvalue weighted by atomic mass is 9.95. The van der Waals surface area contributed by atoms with Crippen molar-refractivity contribution in [3.8, 4) is 11.3 Å². The van der Waals surface area contributed by atoms with Crippen molar-refractivity contribution < 1.29 is 9.18 Å². The molecule has 1 fully saturated rings. The Hall–Kier alpha value is -2.86. The van der Waals surface area contributed by atoms with Crippen molar-refractivity contribution in [2.45, 2.75) is 25.3 Å². The maximum absolute atomic E-state index is 13.9. The number of carbonyl (C=O) groups excluding carboxylic acids is 1. The van der Waals surface area contributed by atoms with E-state index in [1.54, 1.807) is 12.3 Å². The summed E-state index contributed by atoms with van der Waals surface area (Å²) in [5, 5.41) is 3.50. The van der Waals surface area contributed by atoms with Crippen LogP contribution in [0.1, 0.15) is 28.9 Å². The molecule has 6 heteroatoms. The highest BCUT2D eigenvalue weighted by Gasteiger charge is 2.28. The molecule has 0 bridgehead atoms. The van der Waals surface area contributed by atoms with Gasteiger partial charge in [0, 0.05) is 29.6 Å². The van der Waals surface area contributed by atoms with E-state index in [4.69, 9.17) is 5.73 Å². The first-order chi connectivity index (χ1) is 12.7. The largest absolute Gasteiger partial charge is 0.349 e. The lowest BCUT2D eigenvalue weighted by Gasteiger charge is -2.16. The van der Waals surface area contributed by atoms with E-state index in [-0.39, 0.29) is 11.9 Å². The second kappa shape index (κ2) is 6.80. The van der Waals surface area contributed by atoms with Gasteiger partial charge in [-0.2, -0.15) is 0 Å². The number of nitrogens with two attached hydrogens (primary N) is 1. The zero-order valence-electron chi connectivity index (χ0n) is 14.2. The maximum atomic E-state index is 13.9. The number of benzene rings is 1. The topological polar surface area (TPSA) is 80.9 Å². The first kappa shape index (κ1) is 16.6. The van der Waals surface area contributed by atoms with E-state index in [0.717, 1.165) is 12.8 Å². The summed E-state index contributed by atoms with van der Waals surface area (Å²) in [6.07, 6.45) is 4.11. The van der Waals surface area contributed by atoms with Crippen LogP contribution in [0.5, 0.6) is 0 Å². The fourth-order valence-electron chi connectivity index (χ4n) is 3.11. The van der Waals surface area contributed by atoms with Crippen LogP contribution in [0.4, 0.5) is 4.39 Å². The Labute approximate surface area is 150 Å². The van der Waals surface area contributed by atoms with Gasteiger partial charge in [0.2, 0.25) is 0 Å². The normalized spacial score (nSPS) is 13.8. The van der Waals surface area contributed by atoms with Crippen LogP contribution in [0.3, 0.4) is 0 Å². The van der Waals surface area contributed by atoms with Gasteiger partial charge >= 0.3 is 0 Å². The number of fused-ring (bicyclic) bond motifs is 1. The molecule has 3 N–H and O–H groups in total. The molecule has 132 valence electrons. The molecule has 0 atom stereocenters. The highest BCUT2D eigenvalue weighted by molar-refractivity contribution is 6.12. The van der Waals surface area contributed by atoms with Gasteiger partial charge in [-0.05, 0) is 49.7 Å². The van der Waals surface area contributed by atoms with E-state index in [0.29, 0.717) is 46.4 Å². The monoisotopic (exact) mass is 350 g/mol. The second-order valence-corrected chi connectivity index (χ2v) is 6.47. The van der Waals surface area contributed by atoms with E-state index >= 15 is 0 Å². The third-order valence-corrected chi connectivity index (χ3v) is 4.46. The van der Waals surface area contributed by atoms with Crippen LogP contribution in [0.25, 0.3) is 22.2 Å². The number of hydrogen-bond acceptors (Lipinski definition) is 4. The van der Waals surface area contributed by atoms with E-state index in [1.165, 1.54) is 12.1 Å². The van der Waals surface area contributed by atoms with Gasteiger partial charge in [0.15, 0.2) is 0 Å². The number of rotatable bonds is 5. The van der Waals surface area contributed by atoms with Crippen molar-refractivity contribution in [3.63, 3.8) is 0 Å². The van der Waals surface area contributed by atoms with Crippen molar-refractivity contribution in [1.29, 1.82) is 0 Å². The fraction of sp³-hybridized carbons (Fsp3) is 0.250. The van der Waals surface area contributed by atoms with Gasteiger partial charge in [-0.3, -0.25) is 14.8 Å². The number of aromatic nitrogens is 2. The molecule has 26 heavy (non-hydrogen) atoms. The molecule has 5 nitrogen and oxygen atoms in total. The standard InChI is InChI=1S/C20H19FN4O/c21-12-4-7-15-14(11-12)18(20(26)24-13-5-6-13)19(17(25-15)8-9-22)16-3-1-2-10-23-16/h1-4,7,10-11,13H,5-6,8-9,22H2,(H,24,26). The van der Waals surface area contributed by atoms with Crippen LogP contribution in [0.15, 0.2) is 42.6 Å². The maximum Gasteiger partial charge on any atom is 0.252 e. The molecular weight excluding hydrogens is 331 g/mol. The number of carbonyl (C=O) groups is 1. The Balaban J connectivity index is 2.02. The van der Waals surface area contributed by atoms with E-state index in [9.17, 15) is 9.18 Å². The van der Waals surface area contributed by atoms with E-state index < -0.39 is 5.82 Å². The molecule has 1 aliphatic rings. The van der Waals surface area contributed by atoms with Gasteiger partial charge in [0.1, 0.15) is 5.82 Å². The number of hydrogen-bond donors (Lipinski definition) is 2. The van der Waals surface area contributed by atoms with Crippen molar-refractivity contribution >= 4 is 16.8 Å². The molecule has 0 radical (unpaired) electrons. The van der Waals surface area contributed by atoms with Crippen LogP contribution in [-0.2, 0) is 6.42 Å². The summed E-state index contributed by atoms with van der Waals surface area (Å²) in [4.78, 5) is 22.1. The molecule has 2 aromatic heterocycles. The van der Waals surface area contributed by atoms with Crippen LogP contribution in [0, 0.1) is 5.82 Å². The lowest BCUT2D eigenvalue weighted by molar-refractivity contribution is 0.0953. The van der Waals surface area contributed by atoms with Gasteiger partial charge in [-0.15, -0.1) is 0 Å². The van der Waals surface area contributed by atoms with E-state index in [2.05, 4.69) is 15.3 Å². The third-order valence-electron chi connectivity index (χ3n) is 4.46. The van der Waals surface area contributed by atoms with Gasteiger partial charge in [-0.25, -0.2) is 4.39 Å². The number of halogens is 1. The molecule has 0 aliphatic heterocycles. The molecule has 2 heterocycles. The van der Waals surface area contributed by atoms with Crippen LogP contribution in [-0.4, -0.2) is 28.5 Å². The van der Waals surface area contributed by atoms with E-state index in [1.807, 2.05) is 18.2 Å². The van der Waals surface area contributed by atoms with Crippen LogP contribution < -0.4 is 11.1 Å². The van der Waals surface area contributed by atoms with Gasteiger partial charge in [-0.1, -0.05) is 6.07 Å². The predicted octanol–water partition coefficient (Wildman–Crippen LogP) is 2.83. The Morgan fingerprint density at radius 2 is 2.12 bits per heavy atom. The smallest absolute Gasteiger partial charge is 0.252 e. The summed E-state index contributed by atoms with van der Waals surface area (Å²) >= 11 is 0. The predicted molar refractivity (Wildman–Crippen MR) is 98.2 cm³/mol. The number of nitrogens with one attached hydrogen (secondary N) is 1. The van der Waals surface area contributed by atoms with Crippen molar-refractivity contribution in [3.05, 3.63) is 59.7 Å². The number of amides is 1. The van der Waals surface area contributed by atoms with Gasteiger partial charge in [0.05, 0.1) is 22.5 Å². The lowest BCUT2D eigenvalue weighted by Crippen LogP contribution is -2.27. The molecule has 1 amide bonds. The fourth-order valence-corrected chi connectivity index (χ4v) is 3.11. The minimum atomic E-state index is -0.404. The van der Waals surface area contributed by atoms with Gasteiger partial charge < -0.3 is 11.1 Å². The van der Waals surface area contributed by atoms with Crippen molar-refractivity contribution in [2.24, 2.45) is 5.73 Å². The van der Waals surface area contributed by atoms with Crippen molar-refractivity contribution in [2.75, 3.05) is 6.54 Å². The van der Waals surface area contributed by atoms with Crippen LogP contribution in [0.2, 0.25) is 0 Å². The molecular formula is C20H19FN4O. The molecule has 1 saturated carbocycles. The molecule has 4 rings (SSSR count). The van der Waals surface area contributed by atoms with Gasteiger partial charge in [0.25, 0.3) is 5.91 Å². The third kappa shape index (κ3) is 3.15. The Morgan fingerprint density at radius 3 is 2.81 bits per heavy atom. The molecule has 3 aromatic rings. The summed E-state index contributed by atoms with van der Waals surface area (Å²) < 4.78 is 13.9. The number of pyridine rings is 2. The SMILES string of the molecule is NCCc1nc2ccc(F)cc2c(C(=O)NC2CC2)c1-c1ccccn1. The molecule has 1 aromatic carbocycles. The Kier molecular flexibility index (Phi) is 4.34. The minimum absolute atomic E-state index is 0.189. The Morgan fingerprint density at radius 1 is 1.27 bits per heavy atom. The first-order valence-electron chi connectivity index (χ1n) is 8.72. The quantitative estimate of drug-likeness (QED) is 0.741. The minimum Gasteiger partial charge on any atom is -0.349 e. The highest BCUT2D eigenvalue weighted by atomic mass is 19.1.